The lowest BCUT2D eigenvalue weighted by Crippen LogP contribution is -2.38. The fourth-order valence-electron chi connectivity index (χ4n) is 2.81. The normalized spacial score (nSPS) is 11.0. The molecule has 2 aromatic heterocycles. The summed E-state index contributed by atoms with van der Waals surface area (Å²) in [5, 5.41) is 0.187. The lowest BCUT2D eigenvalue weighted by molar-refractivity contribution is 0.0983. The van der Waals surface area contributed by atoms with Gasteiger partial charge in [0.1, 0.15) is 11.3 Å². The molecule has 1 aromatic carbocycles. The minimum Gasteiger partial charge on any atom is -0.307 e. The molecule has 3 rings (SSSR count). The molecule has 0 saturated heterocycles. The number of hydrogen-bond acceptors (Lipinski definition) is 4. The van der Waals surface area contributed by atoms with Gasteiger partial charge in [0, 0.05) is 32.4 Å². The number of rotatable bonds is 3. The van der Waals surface area contributed by atoms with Gasteiger partial charge in [-0.25, -0.2) is 18.6 Å². The third-order valence-corrected chi connectivity index (χ3v) is 4.30. The van der Waals surface area contributed by atoms with Gasteiger partial charge in [0.2, 0.25) is 0 Å². The van der Waals surface area contributed by atoms with Crippen LogP contribution in [0.15, 0.2) is 39.9 Å². The van der Waals surface area contributed by atoms with Crippen molar-refractivity contribution in [1.82, 2.24) is 14.1 Å². The van der Waals surface area contributed by atoms with E-state index >= 15 is 0 Å². The summed E-state index contributed by atoms with van der Waals surface area (Å²) in [7, 11) is 2.80. The van der Waals surface area contributed by atoms with Crippen LogP contribution in [-0.2, 0) is 14.1 Å². The SMILES string of the molecule is CCN(C(=O)c1ccc2c(=O)n(C)c(=O)n(C)c2n1)c1ccc(F)c(F)c1. The Balaban J connectivity index is 2.13. The molecule has 0 fully saturated rings. The molecular formula is C18H16F2N4O3. The highest BCUT2D eigenvalue weighted by molar-refractivity contribution is 6.05. The van der Waals surface area contributed by atoms with E-state index in [2.05, 4.69) is 4.98 Å². The van der Waals surface area contributed by atoms with E-state index in [-0.39, 0.29) is 29.0 Å². The number of fused-ring (bicyclic) bond motifs is 1. The van der Waals surface area contributed by atoms with Crippen LogP contribution in [0.2, 0.25) is 0 Å². The molecule has 9 heteroatoms. The number of carbonyl (C=O) groups excluding carboxylic acids is 1. The van der Waals surface area contributed by atoms with Gasteiger partial charge in [0.05, 0.1) is 5.39 Å². The molecule has 0 unspecified atom stereocenters. The van der Waals surface area contributed by atoms with Crippen molar-refractivity contribution in [2.75, 3.05) is 11.4 Å². The Morgan fingerprint density at radius 3 is 2.41 bits per heavy atom. The summed E-state index contributed by atoms with van der Waals surface area (Å²) < 4.78 is 28.8. The minimum atomic E-state index is -1.07. The minimum absolute atomic E-state index is 0.0302. The van der Waals surface area contributed by atoms with Gasteiger partial charge < -0.3 is 4.90 Å². The van der Waals surface area contributed by atoms with Crippen LogP contribution in [0.1, 0.15) is 17.4 Å². The van der Waals surface area contributed by atoms with Crippen LogP contribution in [0.3, 0.4) is 0 Å². The predicted octanol–water partition coefficient (Wildman–Crippen LogP) is 1.58. The molecule has 1 amide bonds. The monoisotopic (exact) mass is 374 g/mol. The summed E-state index contributed by atoms with van der Waals surface area (Å²) in [5.74, 6) is -2.66. The summed E-state index contributed by atoms with van der Waals surface area (Å²) in [5.41, 5.74) is -0.890. The summed E-state index contributed by atoms with van der Waals surface area (Å²) >= 11 is 0. The van der Waals surface area contributed by atoms with Crippen molar-refractivity contribution in [3.05, 3.63) is 68.5 Å². The molecule has 3 aromatic rings. The lowest BCUT2D eigenvalue weighted by atomic mass is 10.2. The van der Waals surface area contributed by atoms with E-state index in [0.29, 0.717) is 0 Å². The third-order valence-electron chi connectivity index (χ3n) is 4.30. The fraction of sp³-hybridized carbons (Fsp3) is 0.222. The van der Waals surface area contributed by atoms with Crippen LogP contribution in [-0.4, -0.2) is 26.6 Å². The first-order valence-electron chi connectivity index (χ1n) is 8.10. The molecule has 27 heavy (non-hydrogen) atoms. The second kappa shape index (κ2) is 6.75. The Kier molecular flexibility index (Phi) is 4.61. The first kappa shape index (κ1) is 18.4. The molecule has 7 nitrogen and oxygen atoms in total. The van der Waals surface area contributed by atoms with Gasteiger partial charge >= 0.3 is 5.69 Å². The number of amides is 1. The van der Waals surface area contributed by atoms with E-state index in [1.807, 2.05) is 0 Å². The average molecular weight is 374 g/mol. The standard InChI is InChI=1S/C18H16F2N4O3/c1-4-24(10-5-7-12(19)13(20)9-10)17(26)14-8-6-11-15(21-14)22(2)18(27)23(3)16(11)25/h5-9H,4H2,1-3H3. The number of carbonyl (C=O) groups is 1. The van der Waals surface area contributed by atoms with Crippen molar-refractivity contribution < 1.29 is 13.6 Å². The second-order valence-corrected chi connectivity index (χ2v) is 5.92. The smallest absolute Gasteiger partial charge is 0.307 e. The van der Waals surface area contributed by atoms with E-state index in [9.17, 15) is 23.2 Å². The Morgan fingerprint density at radius 1 is 1.07 bits per heavy atom. The Morgan fingerprint density at radius 2 is 1.78 bits per heavy atom. The number of anilines is 1. The maximum absolute atomic E-state index is 13.5. The number of halogens is 2. The number of benzene rings is 1. The number of hydrogen-bond donors (Lipinski definition) is 0. The molecule has 0 N–H and O–H groups in total. The molecule has 0 spiro atoms. The Labute approximate surface area is 152 Å². The van der Waals surface area contributed by atoms with Gasteiger partial charge in [-0.3, -0.25) is 18.7 Å². The number of nitrogens with zero attached hydrogens (tertiary/aromatic N) is 4. The molecule has 0 aliphatic carbocycles. The lowest BCUT2D eigenvalue weighted by Gasteiger charge is -2.21. The number of pyridine rings is 1. The van der Waals surface area contributed by atoms with Crippen molar-refractivity contribution in [2.24, 2.45) is 14.1 Å². The molecule has 0 radical (unpaired) electrons. The number of aromatic nitrogens is 3. The van der Waals surface area contributed by atoms with Gasteiger partial charge in [-0.1, -0.05) is 0 Å². The van der Waals surface area contributed by atoms with E-state index in [1.165, 1.54) is 41.8 Å². The maximum atomic E-state index is 13.5. The van der Waals surface area contributed by atoms with Crippen molar-refractivity contribution >= 4 is 22.6 Å². The zero-order valence-corrected chi connectivity index (χ0v) is 14.9. The van der Waals surface area contributed by atoms with Crippen LogP contribution < -0.4 is 16.1 Å². The fourth-order valence-corrected chi connectivity index (χ4v) is 2.81. The molecule has 0 aliphatic rings. The van der Waals surface area contributed by atoms with Crippen LogP contribution in [0.25, 0.3) is 11.0 Å². The molecule has 0 saturated carbocycles. The van der Waals surface area contributed by atoms with Gasteiger partial charge in [-0.05, 0) is 31.2 Å². The molecule has 0 atom stereocenters. The average Bonchev–Trinajstić information content (AvgIpc) is 2.67. The van der Waals surface area contributed by atoms with Crippen molar-refractivity contribution in [2.45, 2.75) is 6.92 Å². The summed E-state index contributed by atoms with van der Waals surface area (Å²) in [6.07, 6.45) is 0. The van der Waals surface area contributed by atoms with Crippen LogP contribution >= 0.6 is 0 Å². The van der Waals surface area contributed by atoms with Crippen LogP contribution in [0.4, 0.5) is 14.5 Å². The quantitative estimate of drug-likeness (QED) is 0.697. The van der Waals surface area contributed by atoms with Gasteiger partial charge in [-0.15, -0.1) is 0 Å². The van der Waals surface area contributed by atoms with E-state index < -0.39 is 28.8 Å². The topological polar surface area (TPSA) is 77.2 Å². The highest BCUT2D eigenvalue weighted by Crippen LogP contribution is 2.20. The third kappa shape index (κ3) is 3.01. The molecule has 0 bridgehead atoms. The first-order chi connectivity index (χ1) is 12.8. The van der Waals surface area contributed by atoms with E-state index in [0.717, 1.165) is 16.7 Å². The zero-order valence-electron chi connectivity index (χ0n) is 14.9. The largest absolute Gasteiger partial charge is 0.332 e. The first-order valence-corrected chi connectivity index (χ1v) is 8.10. The highest BCUT2D eigenvalue weighted by atomic mass is 19.2. The number of aryl methyl sites for hydroxylation is 1. The summed E-state index contributed by atoms with van der Waals surface area (Å²) in [4.78, 5) is 42.5. The van der Waals surface area contributed by atoms with Crippen molar-refractivity contribution in [3.8, 4) is 0 Å². The van der Waals surface area contributed by atoms with E-state index in [1.54, 1.807) is 6.92 Å². The molecule has 0 aliphatic heterocycles. The molecule has 140 valence electrons. The zero-order chi connectivity index (χ0) is 19.9. The Bertz CT molecular complexity index is 1180. The van der Waals surface area contributed by atoms with Crippen molar-refractivity contribution in [1.29, 1.82) is 0 Å². The van der Waals surface area contributed by atoms with Crippen LogP contribution in [0, 0.1) is 11.6 Å². The second-order valence-electron chi connectivity index (χ2n) is 5.92. The highest BCUT2D eigenvalue weighted by Gasteiger charge is 2.20. The molecular weight excluding hydrogens is 358 g/mol. The predicted molar refractivity (Wildman–Crippen MR) is 95.9 cm³/mol. The van der Waals surface area contributed by atoms with Gasteiger partial charge in [0.15, 0.2) is 11.6 Å². The summed E-state index contributed by atoms with van der Waals surface area (Å²) in [6.45, 7) is 1.85. The summed E-state index contributed by atoms with van der Waals surface area (Å²) in [6, 6.07) is 5.91. The van der Waals surface area contributed by atoms with Crippen LogP contribution in [0.5, 0.6) is 0 Å². The Hall–Kier alpha value is -3.36. The van der Waals surface area contributed by atoms with Gasteiger partial charge in [0.25, 0.3) is 11.5 Å². The van der Waals surface area contributed by atoms with Gasteiger partial charge in [-0.2, -0.15) is 0 Å². The molecule has 2 heterocycles. The van der Waals surface area contributed by atoms with E-state index in [4.69, 9.17) is 0 Å². The van der Waals surface area contributed by atoms with Crippen molar-refractivity contribution in [3.63, 3.8) is 0 Å². The maximum Gasteiger partial charge on any atom is 0.332 e.